The third-order valence-electron chi connectivity index (χ3n) is 6.44. The highest BCUT2D eigenvalue weighted by molar-refractivity contribution is 6.01. The number of ether oxygens (including phenoxy) is 1. The molecule has 3 rings (SSSR count). The number of aryl methyl sites for hydroxylation is 2. The van der Waals surface area contributed by atoms with Crippen LogP contribution in [-0.2, 0) is 19.1 Å². The predicted molar refractivity (Wildman–Crippen MR) is 165 cm³/mol. The van der Waals surface area contributed by atoms with Crippen LogP contribution in [0.25, 0.3) is 10.8 Å². The summed E-state index contributed by atoms with van der Waals surface area (Å²) in [5.41, 5.74) is 6.71. The second-order valence-electron chi connectivity index (χ2n) is 12.6. The number of hydrogen-bond acceptors (Lipinski definition) is 5. The van der Waals surface area contributed by atoms with Crippen LogP contribution in [0.2, 0.25) is 0 Å². The highest BCUT2D eigenvalue weighted by Gasteiger charge is 2.42. The maximum Gasteiger partial charge on any atom is 0.408 e. The van der Waals surface area contributed by atoms with Crippen molar-refractivity contribution < 1.29 is 23.9 Å². The van der Waals surface area contributed by atoms with Crippen molar-refractivity contribution in [1.29, 1.82) is 0 Å². The van der Waals surface area contributed by atoms with Crippen LogP contribution >= 0.6 is 0 Å². The SMILES string of the molecule is Cc1cc(C)cc(C(C(=O)Nc2ccc3ccccc3c2)N(C(=O)C(CC(N)=O)NC(=O)OC(C)(C)C)C(C)(C)C)c1. The maximum atomic E-state index is 14.3. The Morgan fingerprint density at radius 3 is 2.00 bits per heavy atom. The molecule has 0 aliphatic heterocycles. The normalized spacial score (nSPS) is 13.1. The van der Waals surface area contributed by atoms with Gasteiger partial charge in [-0.2, -0.15) is 0 Å². The van der Waals surface area contributed by atoms with Crippen molar-refractivity contribution in [3.8, 4) is 0 Å². The van der Waals surface area contributed by atoms with E-state index >= 15 is 0 Å². The number of nitrogens with one attached hydrogen (secondary N) is 2. The topological polar surface area (TPSA) is 131 Å². The molecule has 0 radical (unpaired) electrons. The Bertz CT molecular complexity index is 1470. The first-order chi connectivity index (χ1) is 19.4. The van der Waals surface area contributed by atoms with E-state index in [-0.39, 0.29) is 0 Å². The molecule has 0 heterocycles. The molecule has 3 aromatic carbocycles. The van der Waals surface area contributed by atoms with Gasteiger partial charge in [-0.1, -0.05) is 59.7 Å². The van der Waals surface area contributed by atoms with Crippen LogP contribution in [-0.4, -0.2) is 45.9 Å². The van der Waals surface area contributed by atoms with Gasteiger partial charge in [0.15, 0.2) is 0 Å². The predicted octanol–water partition coefficient (Wildman–Crippen LogP) is 5.53. The Kier molecular flexibility index (Phi) is 9.66. The fraction of sp³-hybridized carbons (Fsp3) is 0.394. The lowest BCUT2D eigenvalue weighted by molar-refractivity contribution is -0.147. The minimum atomic E-state index is -1.36. The number of alkyl carbamates (subject to hydrolysis) is 1. The number of anilines is 1. The van der Waals surface area contributed by atoms with E-state index in [1.54, 1.807) is 41.5 Å². The number of carbonyl (C=O) groups is 4. The zero-order chi connectivity index (χ0) is 31.4. The van der Waals surface area contributed by atoms with E-state index in [9.17, 15) is 19.2 Å². The first-order valence-corrected chi connectivity index (χ1v) is 13.9. The summed E-state index contributed by atoms with van der Waals surface area (Å²) < 4.78 is 5.35. The average Bonchev–Trinajstić information content (AvgIpc) is 2.83. The van der Waals surface area contributed by atoms with Crippen LogP contribution < -0.4 is 16.4 Å². The highest BCUT2D eigenvalue weighted by atomic mass is 16.6. The zero-order valence-corrected chi connectivity index (χ0v) is 25.7. The van der Waals surface area contributed by atoms with Gasteiger partial charge in [-0.3, -0.25) is 14.4 Å². The molecule has 224 valence electrons. The van der Waals surface area contributed by atoms with E-state index in [1.165, 1.54) is 4.90 Å². The number of amides is 4. The Labute approximate surface area is 247 Å². The van der Waals surface area contributed by atoms with Gasteiger partial charge < -0.3 is 26.0 Å². The van der Waals surface area contributed by atoms with Gasteiger partial charge in [0.1, 0.15) is 17.7 Å². The molecule has 0 spiro atoms. The van der Waals surface area contributed by atoms with Gasteiger partial charge in [0, 0.05) is 11.2 Å². The summed E-state index contributed by atoms with van der Waals surface area (Å²) in [4.78, 5) is 54.7. The molecular formula is C33H42N4O5. The molecule has 0 saturated carbocycles. The van der Waals surface area contributed by atoms with Crippen LogP contribution in [0.15, 0.2) is 60.7 Å². The third-order valence-corrected chi connectivity index (χ3v) is 6.44. The molecular weight excluding hydrogens is 532 g/mol. The number of rotatable bonds is 8. The highest BCUT2D eigenvalue weighted by Crippen LogP contribution is 2.33. The Morgan fingerprint density at radius 1 is 0.857 bits per heavy atom. The lowest BCUT2D eigenvalue weighted by atomic mass is 9.93. The van der Waals surface area contributed by atoms with E-state index in [2.05, 4.69) is 10.6 Å². The Morgan fingerprint density at radius 2 is 1.45 bits per heavy atom. The van der Waals surface area contributed by atoms with E-state index < -0.39 is 53.5 Å². The van der Waals surface area contributed by atoms with Crippen molar-refractivity contribution in [1.82, 2.24) is 10.2 Å². The van der Waals surface area contributed by atoms with Gasteiger partial charge in [-0.05, 0) is 83.9 Å². The van der Waals surface area contributed by atoms with Crippen molar-refractivity contribution >= 4 is 40.3 Å². The summed E-state index contributed by atoms with van der Waals surface area (Å²) in [7, 11) is 0. The second-order valence-corrected chi connectivity index (χ2v) is 12.6. The number of hydrogen-bond donors (Lipinski definition) is 3. The van der Waals surface area contributed by atoms with Gasteiger partial charge in [0.25, 0.3) is 5.91 Å². The smallest absolute Gasteiger partial charge is 0.408 e. The molecule has 42 heavy (non-hydrogen) atoms. The summed E-state index contributed by atoms with van der Waals surface area (Å²) in [6.07, 6.45) is -1.35. The minimum Gasteiger partial charge on any atom is -0.444 e. The van der Waals surface area contributed by atoms with E-state index in [1.807, 2.05) is 74.5 Å². The summed E-state index contributed by atoms with van der Waals surface area (Å²) in [6.45, 7) is 14.3. The quantitative estimate of drug-likeness (QED) is 0.326. The van der Waals surface area contributed by atoms with Crippen LogP contribution in [0.3, 0.4) is 0 Å². The zero-order valence-electron chi connectivity index (χ0n) is 25.7. The van der Waals surface area contributed by atoms with Crippen LogP contribution in [0.5, 0.6) is 0 Å². The molecule has 3 aromatic rings. The number of benzene rings is 3. The van der Waals surface area contributed by atoms with Gasteiger partial charge in [-0.15, -0.1) is 0 Å². The number of nitrogens with zero attached hydrogens (tertiary/aromatic N) is 1. The molecule has 2 atom stereocenters. The van der Waals surface area contributed by atoms with E-state index in [4.69, 9.17) is 10.5 Å². The molecule has 0 bridgehead atoms. The molecule has 2 unspecified atom stereocenters. The van der Waals surface area contributed by atoms with Crippen LogP contribution in [0.1, 0.15) is 70.7 Å². The Hall–Kier alpha value is -4.40. The fourth-order valence-electron chi connectivity index (χ4n) is 4.93. The van der Waals surface area contributed by atoms with Gasteiger partial charge >= 0.3 is 6.09 Å². The van der Waals surface area contributed by atoms with Crippen molar-refractivity contribution in [3.05, 3.63) is 77.4 Å². The molecule has 9 nitrogen and oxygen atoms in total. The fourth-order valence-corrected chi connectivity index (χ4v) is 4.93. The number of fused-ring (bicyclic) bond motifs is 1. The monoisotopic (exact) mass is 574 g/mol. The maximum absolute atomic E-state index is 14.3. The second kappa shape index (κ2) is 12.6. The van der Waals surface area contributed by atoms with Crippen molar-refractivity contribution in [2.45, 2.75) is 85.0 Å². The molecule has 0 aliphatic carbocycles. The van der Waals surface area contributed by atoms with E-state index in [0.29, 0.717) is 11.3 Å². The third kappa shape index (κ3) is 8.55. The summed E-state index contributed by atoms with van der Waals surface area (Å²) in [5, 5.41) is 7.48. The van der Waals surface area contributed by atoms with Gasteiger partial charge in [-0.25, -0.2) is 4.79 Å². The van der Waals surface area contributed by atoms with Gasteiger partial charge in [0.2, 0.25) is 11.8 Å². The number of primary amides is 1. The van der Waals surface area contributed by atoms with Crippen LogP contribution in [0.4, 0.5) is 10.5 Å². The molecule has 0 fully saturated rings. The van der Waals surface area contributed by atoms with Gasteiger partial charge in [0.05, 0.1) is 6.42 Å². The number of carbonyl (C=O) groups excluding carboxylic acids is 4. The van der Waals surface area contributed by atoms with E-state index in [0.717, 1.165) is 21.9 Å². The summed E-state index contributed by atoms with van der Waals surface area (Å²) in [6, 6.07) is 16.6. The molecule has 0 aliphatic rings. The van der Waals surface area contributed by atoms with Crippen molar-refractivity contribution in [3.63, 3.8) is 0 Å². The molecule has 4 N–H and O–H groups in total. The molecule has 0 aromatic heterocycles. The molecule has 4 amide bonds. The first kappa shape index (κ1) is 32.1. The summed E-state index contributed by atoms with van der Waals surface area (Å²) >= 11 is 0. The lowest BCUT2D eigenvalue weighted by Crippen LogP contribution is -2.58. The first-order valence-electron chi connectivity index (χ1n) is 13.9. The largest absolute Gasteiger partial charge is 0.444 e. The number of nitrogens with two attached hydrogens (primary N) is 1. The molecule has 0 saturated heterocycles. The lowest BCUT2D eigenvalue weighted by Gasteiger charge is -2.43. The van der Waals surface area contributed by atoms with Crippen molar-refractivity contribution in [2.75, 3.05) is 5.32 Å². The minimum absolute atomic E-state index is 0.450. The average molecular weight is 575 g/mol. The Balaban J connectivity index is 2.11. The standard InChI is InChI=1S/C33H42N4O5/c1-20-15-21(2)17-24(16-20)28(29(39)35-25-14-13-22-11-9-10-12-23(22)18-25)37(32(3,4)5)30(40)26(19-27(34)38)36-31(41)42-33(6,7)8/h9-18,26,28H,19H2,1-8H3,(H2,34,38)(H,35,39)(H,36,41). The molecule has 9 heteroatoms. The van der Waals surface area contributed by atoms with Crippen LogP contribution in [0, 0.1) is 13.8 Å². The van der Waals surface area contributed by atoms with Crippen molar-refractivity contribution in [2.24, 2.45) is 5.73 Å². The summed E-state index contributed by atoms with van der Waals surface area (Å²) in [5.74, 6) is -1.89.